The zero-order valence-corrected chi connectivity index (χ0v) is 23.7. The zero-order chi connectivity index (χ0) is 31.0. The van der Waals surface area contributed by atoms with Gasteiger partial charge >= 0.3 is 24.0 Å². The first kappa shape index (κ1) is 31.0. The molecule has 0 aliphatic rings. The molecule has 0 heterocycles. The Labute approximate surface area is 255 Å². The number of ether oxygens (including phenoxy) is 2. The first-order valence-electron chi connectivity index (χ1n) is 13.8. The summed E-state index contributed by atoms with van der Waals surface area (Å²) in [7, 11) is 0. The van der Waals surface area contributed by atoms with Gasteiger partial charge in [-0.25, -0.2) is 19.2 Å². The molecule has 0 aliphatic heterocycles. The molecular weight excluding hydrogens is 560 g/mol. The smallest absolute Gasteiger partial charge is 0.331 e. The summed E-state index contributed by atoms with van der Waals surface area (Å²) in [6.07, 6.45) is 1.89. The van der Waals surface area contributed by atoms with E-state index in [4.69, 9.17) is 9.47 Å². The predicted octanol–water partition coefficient (Wildman–Crippen LogP) is 5.76. The second-order valence-corrected chi connectivity index (χ2v) is 9.45. The zero-order valence-electron chi connectivity index (χ0n) is 23.7. The lowest BCUT2D eigenvalue weighted by Gasteiger charge is -2.19. The van der Waals surface area contributed by atoms with Crippen LogP contribution < -0.4 is 21.3 Å². The first-order valence-corrected chi connectivity index (χ1v) is 13.8. The maximum Gasteiger partial charge on any atom is 0.331 e. The number of nitrogens with one attached hydrogen (secondary N) is 4. The Hall–Kier alpha value is -5.90. The number of hydrogen-bond donors (Lipinski definition) is 4. The van der Waals surface area contributed by atoms with Crippen LogP contribution in [-0.2, 0) is 19.1 Å². The van der Waals surface area contributed by atoms with Crippen molar-refractivity contribution in [1.29, 1.82) is 0 Å². The number of amides is 4. The summed E-state index contributed by atoms with van der Waals surface area (Å²) >= 11 is 0. The van der Waals surface area contributed by atoms with Crippen LogP contribution in [0, 0.1) is 0 Å². The molecule has 4 N–H and O–H groups in total. The van der Waals surface area contributed by atoms with Crippen LogP contribution in [-0.4, -0.2) is 37.2 Å². The van der Waals surface area contributed by atoms with Crippen LogP contribution in [0.5, 0.6) is 0 Å². The third kappa shape index (κ3) is 10.5. The van der Waals surface area contributed by atoms with E-state index >= 15 is 0 Å². The molecule has 2 atom stereocenters. The molecule has 0 saturated carbocycles. The minimum Gasteiger partial charge on any atom is -0.460 e. The van der Waals surface area contributed by atoms with Gasteiger partial charge in [0.25, 0.3) is 0 Å². The second kappa shape index (κ2) is 16.5. The maximum atomic E-state index is 12.6. The van der Waals surface area contributed by atoms with Crippen molar-refractivity contribution in [2.45, 2.75) is 12.1 Å². The number of carbonyl (C=O) groups is 4. The van der Waals surface area contributed by atoms with Gasteiger partial charge in [0.15, 0.2) is 0 Å². The van der Waals surface area contributed by atoms with Crippen molar-refractivity contribution >= 4 is 35.4 Å². The molecule has 0 fully saturated rings. The molecule has 4 amide bonds. The van der Waals surface area contributed by atoms with Crippen molar-refractivity contribution in [2.75, 3.05) is 23.8 Å². The fraction of sp³-hybridized carbons (Fsp3) is 0.118. The van der Waals surface area contributed by atoms with E-state index in [9.17, 15) is 19.2 Å². The summed E-state index contributed by atoms with van der Waals surface area (Å²) in [5, 5.41) is 11.1. The Balaban J connectivity index is 1.29. The van der Waals surface area contributed by atoms with Gasteiger partial charge in [-0.3, -0.25) is 0 Å². The van der Waals surface area contributed by atoms with Gasteiger partial charge in [0, 0.05) is 23.5 Å². The van der Waals surface area contributed by atoms with Crippen LogP contribution in [0.25, 0.3) is 0 Å². The molecule has 0 bridgehead atoms. The van der Waals surface area contributed by atoms with Gasteiger partial charge in [0.1, 0.15) is 13.2 Å². The molecule has 4 aromatic rings. The van der Waals surface area contributed by atoms with Crippen molar-refractivity contribution in [3.05, 3.63) is 145 Å². The summed E-state index contributed by atoms with van der Waals surface area (Å²) in [6, 6.07) is 33.7. The molecule has 4 aromatic carbocycles. The largest absolute Gasteiger partial charge is 0.460 e. The van der Waals surface area contributed by atoms with E-state index in [0.29, 0.717) is 11.4 Å². The summed E-state index contributed by atoms with van der Waals surface area (Å²) in [4.78, 5) is 50.0. The minimum absolute atomic E-state index is 0.180. The molecule has 224 valence electrons. The Kier molecular flexibility index (Phi) is 11.7. The van der Waals surface area contributed by atoms with Crippen LogP contribution in [0.3, 0.4) is 0 Å². The summed E-state index contributed by atoms with van der Waals surface area (Å²) in [5.74, 6) is -1.60. The number of urea groups is 2. The summed E-state index contributed by atoms with van der Waals surface area (Å²) in [5.41, 5.74) is 2.67. The lowest BCUT2D eigenvalue weighted by atomic mass is 10.1. The molecule has 10 nitrogen and oxygen atoms in total. The molecule has 44 heavy (non-hydrogen) atoms. The first-order chi connectivity index (χ1) is 21.5. The fourth-order valence-corrected chi connectivity index (χ4v) is 4.07. The standard InChI is InChI=1S/C34H32N4O6/c39-31(43-23-29(25-13-5-1-6-14-25)37-33(41)35-27-17-9-3-10-18-27)21-22-32(40)44-24-30(26-15-7-2-8-16-26)38-34(42)36-28-19-11-4-12-20-28/h1-22,29-30H,23-24H2,(H2,35,37,41)(H2,36,38,42)/b22-21+/t29-,30-/m0/s1. The molecule has 10 heteroatoms. The highest BCUT2D eigenvalue weighted by atomic mass is 16.5. The van der Waals surface area contributed by atoms with Crippen molar-refractivity contribution in [1.82, 2.24) is 10.6 Å². The van der Waals surface area contributed by atoms with E-state index in [-0.39, 0.29) is 13.2 Å². The van der Waals surface area contributed by atoms with Gasteiger partial charge < -0.3 is 30.7 Å². The molecule has 0 saturated heterocycles. The Morgan fingerprint density at radius 1 is 0.500 bits per heavy atom. The Morgan fingerprint density at radius 2 is 0.818 bits per heavy atom. The van der Waals surface area contributed by atoms with E-state index in [1.807, 2.05) is 24.3 Å². The highest BCUT2D eigenvalue weighted by Gasteiger charge is 2.18. The predicted molar refractivity (Wildman–Crippen MR) is 167 cm³/mol. The number of rotatable bonds is 12. The average molecular weight is 593 g/mol. The van der Waals surface area contributed by atoms with E-state index in [0.717, 1.165) is 23.3 Å². The van der Waals surface area contributed by atoms with E-state index in [2.05, 4.69) is 21.3 Å². The molecule has 0 unspecified atom stereocenters. The number of para-hydroxylation sites is 2. The van der Waals surface area contributed by atoms with Crippen molar-refractivity contribution < 1.29 is 28.7 Å². The second-order valence-electron chi connectivity index (χ2n) is 9.45. The quantitative estimate of drug-likeness (QED) is 0.122. The van der Waals surface area contributed by atoms with Gasteiger partial charge in [-0.1, -0.05) is 97.1 Å². The van der Waals surface area contributed by atoms with Crippen LogP contribution in [0.4, 0.5) is 21.0 Å². The molecule has 4 rings (SSSR count). The molecule has 0 radical (unpaired) electrons. The minimum atomic E-state index is -0.798. The lowest BCUT2D eigenvalue weighted by molar-refractivity contribution is -0.141. The van der Waals surface area contributed by atoms with Crippen LogP contribution >= 0.6 is 0 Å². The topological polar surface area (TPSA) is 135 Å². The SMILES string of the molecule is O=C(Nc1ccccc1)N[C@@H](COC(=O)/C=C/C(=O)OC[C@H](NC(=O)Nc1ccccc1)c1ccccc1)c1ccccc1. The average Bonchev–Trinajstić information content (AvgIpc) is 3.05. The highest BCUT2D eigenvalue weighted by Crippen LogP contribution is 2.16. The van der Waals surface area contributed by atoms with Gasteiger partial charge in [-0.15, -0.1) is 0 Å². The van der Waals surface area contributed by atoms with Gasteiger partial charge in [0.2, 0.25) is 0 Å². The number of benzene rings is 4. The van der Waals surface area contributed by atoms with Crippen LogP contribution in [0.15, 0.2) is 133 Å². The van der Waals surface area contributed by atoms with Crippen molar-refractivity contribution in [3.8, 4) is 0 Å². The van der Waals surface area contributed by atoms with Crippen LogP contribution in [0.1, 0.15) is 23.2 Å². The Bertz CT molecular complexity index is 1420. The summed E-state index contributed by atoms with van der Waals surface area (Å²) < 4.78 is 10.6. The number of esters is 2. The lowest BCUT2D eigenvalue weighted by Crippen LogP contribution is -2.35. The highest BCUT2D eigenvalue weighted by molar-refractivity contribution is 5.92. The third-order valence-electron chi connectivity index (χ3n) is 6.22. The molecule has 0 spiro atoms. The van der Waals surface area contributed by atoms with Crippen LogP contribution in [0.2, 0.25) is 0 Å². The van der Waals surface area contributed by atoms with Gasteiger partial charge in [0.05, 0.1) is 12.1 Å². The van der Waals surface area contributed by atoms with Crippen molar-refractivity contribution in [2.24, 2.45) is 0 Å². The Morgan fingerprint density at radius 3 is 1.16 bits per heavy atom. The number of hydrogen-bond acceptors (Lipinski definition) is 6. The van der Waals surface area contributed by atoms with E-state index < -0.39 is 36.1 Å². The molecule has 0 aromatic heterocycles. The summed E-state index contributed by atoms with van der Waals surface area (Å²) in [6.45, 7) is -0.359. The number of anilines is 2. The van der Waals surface area contributed by atoms with E-state index in [1.165, 1.54) is 0 Å². The fourth-order valence-electron chi connectivity index (χ4n) is 4.07. The van der Waals surface area contributed by atoms with Gasteiger partial charge in [-0.2, -0.15) is 0 Å². The maximum absolute atomic E-state index is 12.6. The monoisotopic (exact) mass is 592 g/mol. The van der Waals surface area contributed by atoms with Crippen molar-refractivity contribution in [3.63, 3.8) is 0 Å². The third-order valence-corrected chi connectivity index (χ3v) is 6.22. The molecular formula is C34H32N4O6. The normalized spacial score (nSPS) is 11.9. The van der Waals surface area contributed by atoms with Gasteiger partial charge in [-0.05, 0) is 35.4 Å². The molecule has 0 aliphatic carbocycles. The number of carbonyl (C=O) groups excluding carboxylic acids is 4. The van der Waals surface area contributed by atoms with E-state index in [1.54, 1.807) is 97.1 Å².